The lowest BCUT2D eigenvalue weighted by molar-refractivity contribution is -0.167. The van der Waals surface area contributed by atoms with Gasteiger partial charge in [0.25, 0.3) is 0 Å². The molecule has 0 amide bonds. The molecule has 424 valence electrons. The molecule has 0 saturated heterocycles. The van der Waals surface area contributed by atoms with E-state index in [1.54, 1.807) is 0 Å². The van der Waals surface area contributed by atoms with Gasteiger partial charge >= 0.3 is 17.9 Å². The van der Waals surface area contributed by atoms with Crippen molar-refractivity contribution in [1.82, 2.24) is 0 Å². The van der Waals surface area contributed by atoms with Gasteiger partial charge in [-0.2, -0.15) is 0 Å². The number of esters is 3. The van der Waals surface area contributed by atoms with Gasteiger partial charge in [0.2, 0.25) is 0 Å². The van der Waals surface area contributed by atoms with E-state index in [1.165, 1.54) is 77.0 Å². The standard InChI is InChI=1S/C69H112O6/c1-4-7-10-13-16-19-22-25-27-28-29-30-31-32-33-34-35-36-37-38-39-40-42-44-47-50-53-56-59-62-68(71)74-65-66(64-73-67(70)61-58-55-52-49-46-43-24-21-18-15-12-9-6-3)75-69(72)63-60-57-54-51-48-45-41-26-23-20-17-14-11-8-5-2/h7,9-10,12,16,18-19,21,25,27,29-30,32-33,35-36,38-39,42-44,46,66H,4-6,8,11,13-15,17,20,22-24,26,28,31,34,37,40-41,45,47-65H2,1-3H3/b10-7-,12-9-,19-16-,21-18-,27-25-,30-29-,33-32-,36-35-,39-38-,44-42-,46-43-. The molecule has 0 saturated carbocycles. The fourth-order valence-electron chi connectivity index (χ4n) is 8.12. The second kappa shape index (κ2) is 62.1. The molecule has 75 heavy (non-hydrogen) atoms. The summed E-state index contributed by atoms with van der Waals surface area (Å²) in [5.74, 6) is -0.954. The van der Waals surface area contributed by atoms with Crippen molar-refractivity contribution < 1.29 is 28.6 Å². The first kappa shape index (κ1) is 70.5. The predicted molar refractivity (Wildman–Crippen MR) is 325 cm³/mol. The van der Waals surface area contributed by atoms with Crippen LogP contribution in [0.25, 0.3) is 0 Å². The zero-order valence-electron chi connectivity index (χ0n) is 48.5. The van der Waals surface area contributed by atoms with Crippen LogP contribution in [0.4, 0.5) is 0 Å². The summed E-state index contributed by atoms with van der Waals surface area (Å²) in [5, 5.41) is 0. The number of carbonyl (C=O) groups is 3. The highest BCUT2D eigenvalue weighted by molar-refractivity contribution is 5.71. The molecule has 0 aromatic rings. The van der Waals surface area contributed by atoms with Crippen LogP contribution in [0.3, 0.4) is 0 Å². The zero-order valence-corrected chi connectivity index (χ0v) is 48.5. The van der Waals surface area contributed by atoms with E-state index >= 15 is 0 Å². The molecule has 0 N–H and O–H groups in total. The summed E-state index contributed by atoms with van der Waals surface area (Å²) in [6.45, 7) is 6.37. The molecular formula is C69H112O6. The van der Waals surface area contributed by atoms with E-state index < -0.39 is 6.10 Å². The number of ether oxygens (including phenoxy) is 3. The third-order valence-corrected chi connectivity index (χ3v) is 12.7. The highest BCUT2D eigenvalue weighted by Crippen LogP contribution is 2.15. The molecular weight excluding hydrogens is 925 g/mol. The van der Waals surface area contributed by atoms with Crippen molar-refractivity contribution in [2.75, 3.05) is 13.2 Å². The van der Waals surface area contributed by atoms with Gasteiger partial charge < -0.3 is 14.2 Å². The molecule has 0 aliphatic carbocycles. The van der Waals surface area contributed by atoms with Crippen molar-refractivity contribution in [3.63, 3.8) is 0 Å². The lowest BCUT2D eigenvalue weighted by Gasteiger charge is -2.18. The molecule has 0 heterocycles. The maximum atomic E-state index is 12.9. The molecule has 0 aliphatic heterocycles. The fourth-order valence-corrected chi connectivity index (χ4v) is 8.12. The van der Waals surface area contributed by atoms with Crippen LogP contribution in [-0.2, 0) is 28.6 Å². The molecule has 6 heteroatoms. The van der Waals surface area contributed by atoms with E-state index in [1.807, 2.05) is 0 Å². The Kier molecular flexibility index (Phi) is 58.4. The minimum atomic E-state index is -0.804. The molecule has 0 spiro atoms. The van der Waals surface area contributed by atoms with E-state index in [2.05, 4.69) is 154 Å². The van der Waals surface area contributed by atoms with E-state index in [9.17, 15) is 14.4 Å². The van der Waals surface area contributed by atoms with Crippen LogP contribution in [0.1, 0.15) is 265 Å². The van der Waals surface area contributed by atoms with Crippen LogP contribution in [0.15, 0.2) is 134 Å². The lowest BCUT2D eigenvalue weighted by Crippen LogP contribution is -2.30. The van der Waals surface area contributed by atoms with Gasteiger partial charge in [-0.25, -0.2) is 0 Å². The first-order valence-corrected chi connectivity index (χ1v) is 30.7. The van der Waals surface area contributed by atoms with Crippen LogP contribution in [0.2, 0.25) is 0 Å². The van der Waals surface area contributed by atoms with Crippen molar-refractivity contribution >= 4 is 17.9 Å². The second-order valence-electron chi connectivity index (χ2n) is 19.9. The van der Waals surface area contributed by atoms with E-state index in [-0.39, 0.29) is 31.1 Å². The van der Waals surface area contributed by atoms with Crippen molar-refractivity contribution in [1.29, 1.82) is 0 Å². The van der Waals surface area contributed by atoms with Crippen molar-refractivity contribution in [3.8, 4) is 0 Å². The highest BCUT2D eigenvalue weighted by Gasteiger charge is 2.19. The number of unbranched alkanes of at least 4 members (excludes halogenated alkanes) is 21. The Morgan fingerprint density at radius 3 is 0.827 bits per heavy atom. The summed E-state index contributed by atoms with van der Waals surface area (Å²) in [7, 11) is 0. The molecule has 1 unspecified atom stereocenters. The van der Waals surface area contributed by atoms with Gasteiger partial charge in [0.05, 0.1) is 0 Å². The molecule has 0 radical (unpaired) electrons. The molecule has 0 aromatic carbocycles. The zero-order chi connectivity index (χ0) is 54.3. The van der Waals surface area contributed by atoms with Gasteiger partial charge in [-0.15, -0.1) is 0 Å². The number of carbonyl (C=O) groups excluding carboxylic acids is 3. The van der Waals surface area contributed by atoms with Crippen LogP contribution in [0, 0.1) is 0 Å². The maximum absolute atomic E-state index is 12.9. The Morgan fingerprint density at radius 1 is 0.280 bits per heavy atom. The van der Waals surface area contributed by atoms with Gasteiger partial charge in [-0.1, -0.05) is 264 Å². The van der Waals surface area contributed by atoms with Crippen molar-refractivity contribution in [3.05, 3.63) is 134 Å². The summed E-state index contributed by atoms with van der Waals surface area (Å²) in [5.41, 5.74) is 0. The molecule has 0 fully saturated rings. The van der Waals surface area contributed by atoms with Crippen LogP contribution in [0.5, 0.6) is 0 Å². The fraction of sp³-hybridized carbons (Fsp3) is 0.638. The maximum Gasteiger partial charge on any atom is 0.306 e. The largest absolute Gasteiger partial charge is 0.462 e. The van der Waals surface area contributed by atoms with Crippen LogP contribution >= 0.6 is 0 Å². The lowest BCUT2D eigenvalue weighted by atomic mass is 10.0. The molecule has 0 bridgehead atoms. The molecule has 0 rings (SSSR count). The van der Waals surface area contributed by atoms with Crippen molar-refractivity contribution in [2.24, 2.45) is 0 Å². The summed E-state index contributed by atoms with van der Waals surface area (Å²) in [4.78, 5) is 38.2. The quantitative estimate of drug-likeness (QED) is 0.0261. The molecule has 1 atom stereocenters. The molecule has 6 nitrogen and oxygen atoms in total. The average Bonchev–Trinajstić information content (AvgIpc) is 3.41. The summed E-state index contributed by atoms with van der Waals surface area (Å²) in [6.07, 6.45) is 87.4. The van der Waals surface area contributed by atoms with Crippen molar-refractivity contribution in [2.45, 2.75) is 271 Å². The van der Waals surface area contributed by atoms with Gasteiger partial charge in [0.1, 0.15) is 13.2 Å². The summed E-state index contributed by atoms with van der Waals surface area (Å²) < 4.78 is 16.8. The van der Waals surface area contributed by atoms with Crippen LogP contribution in [-0.4, -0.2) is 37.2 Å². The van der Waals surface area contributed by atoms with Gasteiger partial charge in [-0.05, 0) is 116 Å². The van der Waals surface area contributed by atoms with Gasteiger partial charge in [0.15, 0.2) is 6.10 Å². The Bertz CT molecular complexity index is 1620. The Hall–Kier alpha value is -4.45. The minimum Gasteiger partial charge on any atom is -0.462 e. The average molecular weight is 1040 g/mol. The van der Waals surface area contributed by atoms with E-state index in [0.29, 0.717) is 19.3 Å². The molecule has 0 aromatic heterocycles. The summed E-state index contributed by atoms with van der Waals surface area (Å²) in [6, 6.07) is 0. The normalized spacial score (nSPS) is 13.1. The Labute approximate surface area is 462 Å². The number of allylic oxidation sites excluding steroid dienone is 22. The first-order chi connectivity index (χ1) is 37.0. The predicted octanol–water partition coefficient (Wildman–Crippen LogP) is 21.0. The monoisotopic (exact) mass is 1040 g/mol. The Morgan fingerprint density at radius 2 is 0.520 bits per heavy atom. The number of hydrogen-bond acceptors (Lipinski definition) is 6. The van der Waals surface area contributed by atoms with Gasteiger partial charge in [-0.3, -0.25) is 14.4 Å². The summed E-state index contributed by atoms with van der Waals surface area (Å²) >= 11 is 0. The third-order valence-electron chi connectivity index (χ3n) is 12.7. The topological polar surface area (TPSA) is 78.9 Å². The minimum absolute atomic E-state index is 0.103. The number of rotatable bonds is 54. The SMILES string of the molecule is CC/C=C\C/C=C\C/C=C\C/C=C\C/C=C\C/C=C\C/C=C\C/C=C\CCCCCCC(=O)OCC(COC(=O)CCCCC/C=C\C/C=C\C/C=C\CC)OC(=O)CCCCCCCCCCCCCCCCC. The van der Waals surface area contributed by atoms with E-state index in [4.69, 9.17) is 14.2 Å². The number of hydrogen-bond donors (Lipinski definition) is 0. The van der Waals surface area contributed by atoms with E-state index in [0.717, 1.165) is 148 Å². The van der Waals surface area contributed by atoms with Gasteiger partial charge in [0, 0.05) is 19.3 Å². The third kappa shape index (κ3) is 60.3. The molecule has 0 aliphatic rings. The first-order valence-electron chi connectivity index (χ1n) is 30.7. The Balaban J connectivity index is 4.39. The highest BCUT2D eigenvalue weighted by atomic mass is 16.6. The second-order valence-corrected chi connectivity index (χ2v) is 19.9. The smallest absolute Gasteiger partial charge is 0.306 e. The van der Waals surface area contributed by atoms with Crippen LogP contribution < -0.4 is 0 Å².